The summed E-state index contributed by atoms with van der Waals surface area (Å²) in [5.41, 5.74) is 4.54. The zero-order chi connectivity index (χ0) is 14.7. The smallest absolute Gasteiger partial charge is 0.123 e. The van der Waals surface area contributed by atoms with Crippen LogP contribution in [0.25, 0.3) is 0 Å². The molecular weight excluding hydrogens is 270 g/mol. The first-order chi connectivity index (χ1) is 9.56. The van der Waals surface area contributed by atoms with Gasteiger partial charge in [-0.3, -0.25) is 0 Å². The first-order valence-electron chi connectivity index (χ1n) is 6.64. The minimum Gasteiger partial charge on any atom is -0.496 e. The summed E-state index contributed by atoms with van der Waals surface area (Å²) < 4.78 is 5.49. The van der Waals surface area contributed by atoms with Gasteiger partial charge in [-0.15, -0.1) is 0 Å². The number of hydrogen-bond acceptors (Lipinski definition) is 2. The highest BCUT2D eigenvalue weighted by Crippen LogP contribution is 2.32. The Bertz CT molecular complexity index is 610. The molecule has 1 N–H and O–H groups in total. The van der Waals surface area contributed by atoms with E-state index in [2.05, 4.69) is 30.4 Å². The number of halogens is 1. The average Bonchev–Trinajstić information content (AvgIpc) is 2.44. The summed E-state index contributed by atoms with van der Waals surface area (Å²) in [6, 6.07) is 12.4. The lowest BCUT2D eigenvalue weighted by molar-refractivity contribution is 0.405. The standard InChI is InChI=1S/C17H20ClNO/c1-11-5-8-16(20-4)14(9-11)17(19-3)13-7-6-12(2)15(18)10-13/h5-10,17,19H,1-4H3. The molecule has 1 unspecified atom stereocenters. The number of benzene rings is 2. The maximum atomic E-state index is 6.25. The van der Waals surface area contributed by atoms with E-state index >= 15 is 0 Å². The van der Waals surface area contributed by atoms with Crippen LogP contribution in [-0.4, -0.2) is 14.2 Å². The minimum atomic E-state index is 0.0583. The Kier molecular flexibility index (Phi) is 4.69. The van der Waals surface area contributed by atoms with Gasteiger partial charge >= 0.3 is 0 Å². The monoisotopic (exact) mass is 289 g/mol. The van der Waals surface area contributed by atoms with Crippen molar-refractivity contribution in [2.45, 2.75) is 19.9 Å². The fourth-order valence-electron chi connectivity index (χ4n) is 2.37. The van der Waals surface area contributed by atoms with Gasteiger partial charge in [-0.05, 0) is 44.2 Å². The van der Waals surface area contributed by atoms with Crippen LogP contribution >= 0.6 is 11.6 Å². The van der Waals surface area contributed by atoms with Gasteiger partial charge in [-0.1, -0.05) is 41.4 Å². The Morgan fingerprint density at radius 3 is 2.45 bits per heavy atom. The first-order valence-corrected chi connectivity index (χ1v) is 7.02. The minimum absolute atomic E-state index is 0.0583. The van der Waals surface area contributed by atoms with Crippen LogP contribution in [0.4, 0.5) is 0 Å². The van der Waals surface area contributed by atoms with E-state index in [4.69, 9.17) is 16.3 Å². The molecule has 0 bridgehead atoms. The number of methoxy groups -OCH3 is 1. The van der Waals surface area contributed by atoms with Crippen molar-refractivity contribution in [1.82, 2.24) is 5.32 Å². The van der Waals surface area contributed by atoms with E-state index in [9.17, 15) is 0 Å². The molecule has 1 atom stereocenters. The summed E-state index contributed by atoms with van der Waals surface area (Å²) in [5.74, 6) is 0.881. The second kappa shape index (κ2) is 6.29. The van der Waals surface area contributed by atoms with Crippen LogP contribution in [0.2, 0.25) is 5.02 Å². The van der Waals surface area contributed by atoms with Gasteiger partial charge in [-0.2, -0.15) is 0 Å². The molecule has 0 saturated heterocycles. The predicted molar refractivity (Wildman–Crippen MR) is 84.8 cm³/mol. The van der Waals surface area contributed by atoms with Gasteiger partial charge < -0.3 is 10.1 Å². The van der Waals surface area contributed by atoms with E-state index in [1.54, 1.807) is 7.11 Å². The van der Waals surface area contributed by atoms with E-state index in [0.717, 1.165) is 27.5 Å². The molecule has 3 heteroatoms. The van der Waals surface area contributed by atoms with Gasteiger partial charge in [0.05, 0.1) is 13.2 Å². The van der Waals surface area contributed by atoms with Crippen LogP contribution in [0.5, 0.6) is 5.75 Å². The van der Waals surface area contributed by atoms with Crippen molar-refractivity contribution in [3.05, 3.63) is 63.7 Å². The van der Waals surface area contributed by atoms with Gasteiger partial charge in [0.2, 0.25) is 0 Å². The number of hydrogen-bond donors (Lipinski definition) is 1. The Hall–Kier alpha value is -1.51. The van der Waals surface area contributed by atoms with E-state index in [-0.39, 0.29) is 6.04 Å². The number of rotatable bonds is 4. The summed E-state index contributed by atoms with van der Waals surface area (Å²) >= 11 is 6.25. The number of ether oxygens (including phenoxy) is 1. The quantitative estimate of drug-likeness (QED) is 0.907. The molecule has 2 aromatic rings. The van der Waals surface area contributed by atoms with E-state index in [0.29, 0.717) is 0 Å². The Balaban J connectivity index is 2.51. The largest absolute Gasteiger partial charge is 0.496 e. The van der Waals surface area contributed by atoms with Crippen LogP contribution in [0.15, 0.2) is 36.4 Å². The SMILES string of the molecule is CNC(c1ccc(C)c(Cl)c1)c1cc(C)ccc1OC. The van der Waals surface area contributed by atoms with Gasteiger partial charge in [-0.25, -0.2) is 0 Å². The normalized spacial score (nSPS) is 12.2. The molecule has 0 spiro atoms. The molecule has 0 fully saturated rings. The molecule has 106 valence electrons. The van der Waals surface area contributed by atoms with Crippen LogP contribution < -0.4 is 10.1 Å². The molecule has 0 heterocycles. The van der Waals surface area contributed by atoms with Crippen molar-refractivity contribution in [1.29, 1.82) is 0 Å². The van der Waals surface area contributed by atoms with E-state index < -0.39 is 0 Å². The average molecular weight is 290 g/mol. The fourth-order valence-corrected chi connectivity index (χ4v) is 2.56. The topological polar surface area (TPSA) is 21.3 Å². The molecular formula is C17H20ClNO. The fraction of sp³-hybridized carbons (Fsp3) is 0.294. The van der Waals surface area contributed by atoms with Crippen molar-refractivity contribution in [3.8, 4) is 5.75 Å². The molecule has 2 aromatic carbocycles. The summed E-state index contributed by atoms with van der Waals surface area (Å²) in [4.78, 5) is 0. The summed E-state index contributed by atoms with van der Waals surface area (Å²) in [6.07, 6.45) is 0. The van der Waals surface area contributed by atoms with Gasteiger partial charge in [0.25, 0.3) is 0 Å². The molecule has 2 nitrogen and oxygen atoms in total. The van der Waals surface area contributed by atoms with Gasteiger partial charge in [0, 0.05) is 10.6 Å². The van der Waals surface area contributed by atoms with E-state index in [1.807, 2.05) is 32.2 Å². The second-order valence-corrected chi connectivity index (χ2v) is 5.38. The number of aryl methyl sites for hydroxylation is 2. The van der Waals surface area contributed by atoms with Crippen LogP contribution in [-0.2, 0) is 0 Å². The maximum absolute atomic E-state index is 6.25. The van der Waals surface area contributed by atoms with Crippen molar-refractivity contribution >= 4 is 11.6 Å². The molecule has 0 aliphatic heterocycles. The Labute approximate surface area is 125 Å². The van der Waals surface area contributed by atoms with E-state index in [1.165, 1.54) is 5.56 Å². The van der Waals surface area contributed by atoms with Crippen LogP contribution in [0.3, 0.4) is 0 Å². The first kappa shape index (κ1) is 14.9. The lowest BCUT2D eigenvalue weighted by Crippen LogP contribution is -2.18. The van der Waals surface area contributed by atoms with Crippen LogP contribution in [0.1, 0.15) is 28.3 Å². The number of nitrogens with one attached hydrogen (secondary N) is 1. The molecule has 0 aromatic heterocycles. The third kappa shape index (κ3) is 2.97. The predicted octanol–water partition coefficient (Wildman–Crippen LogP) is 4.27. The molecule has 0 saturated carbocycles. The molecule has 2 rings (SSSR count). The lowest BCUT2D eigenvalue weighted by Gasteiger charge is -2.21. The van der Waals surface area contributed by atoms with Crippen molar-refractivity contribution in [3.63, 3.8) is 0 Å². The summed E-state index contributed by atoms with van der Waals surface area (Å²) in [5, 5.41) is 4.13. The zero-order valence-corrected chi connectivity index (χ0v) is 13.1. The highest BCUT2D eigenvalue weighted by molar-refractivity contribution is 6.31. The third-order valence-electron chi connectivity index (χ3n) is 3.51. The summed E-state index contributed by atoms with van der Waals surface area (Å²) in [6.45, 7) is 4.09. The Morgan fingerprint density at radius 1 is 1.10 bits per heavy atom. The third-order valence-corrected chi connectivity index (χ3v) is 3.92. The molecule has 0 amide bonds. The second-order valence-electron chi connectivity index (χ2n) is 4.98. The Morgan fingerprint density at radius 2 is 1.85 bits per heavy atom. The highest BCUT2D eigenvalue weighted by atomic mass is 35.5. The summed E-state index contributed by atoms with van der Waals surface area (Å²) in [7, 11) is 3.64. The highest BCUT2D eigenvalue weighted by Gasteiger charge is 2.17. The maximum Gasteiger partial charge on any atom is 0.123 e. The molecule has 0 aliphatic rings. The van der Waals surface area contributed by atoms with Crippen LogP contribution in [0, 0.1) is 13.8 Å². The zero-order valence-electron chi connectivity index (χ0n) is 12.3. The molecule has 20 heavy (non-hydrogen) atoms. The van der Waals surface area contributed by atoms with Crippen molar-refractivity contribution in [2.75, 3.05) is 14.2 Å². The molecule has 0 aliphatic carbocycles. The molecule has 0 radical (unpaired) electrons. The van der Waals surface area contributed by atoms with Gasteiger partial charge in [0.1, 0.15) is 5.75 Å². The van der Waals surface area contributed by atoms with Gasteiger partial charge in [0.15, 0.2) is 0 Å². The lowest BCUT2D eigenvalue weighted by atomic mass is 9.96. The van der Waals surface area contributed by atoms with Crippen molar-refractivity contribution < 1.29 is 4.74 Å². The van der Waals surface area contributed by atoms with Crippen molar-refractivity contribution in [2.24, 2.45) is 0 Å².